The van der Waals surface area contributed by atoms with E-state index in [2.05, 4.69) is 15.6 Å². The summed E-state index contributed by atoms with van der Waals surface area (Å²) in [5.41, 5.74) is -0.275. The first kappa shape index (κ1) is 16.8. The highest BCUT2D eigenvalue weighted by Crippen LogP contribution is 2.38. The molecule has 20 heavy (non-hydrogen) atoms. The Kier molecular flexibility index (Phi) is 6.78. The fourth-order valence-electron chi connectivity index (χ4n) is 2.74. The average molecular weight is 284 g/mol. The van der Waals surface area contributed by atoms with Crippen LogP contribution in [0.3, 0.4) is 0 Å². The Hall–Kier alpha value is -1.30. The molecule has 0 bridgehead atoms. The lowest BCUT2D eigenvalue weighted by atomic mass is 9.84. The molecule has 1 fully saturated rings. The van der Waals surface area contributed by atoms with Crippen molar-refractivity contribution in [2.75, 3.05) is 47.9 Å². The number of nitrogens with zero attached hydrogens (tertiary/aromatic N) is 2. The third-order valence-electron chi connectivity index (χ3n) is 3.84. The zero-order chi connectivity index (χ0) is 15.0. The van der Waals surface area contributed by atoms with Gasteiger partial charge in [0.05, 0.1) is 12.0 Å². The molecule has 1 rings (SSSR count). The van der Waals surface area contributed by atoms with Gasteiger partial charge in [-0.05, 0) is 12.8 Å². The van der Waals surface area contributed by atoms with Gasteiger partial charge in [-0.2, -0.15) is 0 Å². The molecule has 0 aliphatic heterocycles. The van der Waals surface area contributed by atoms with Crippen molar-refractivity contribution in [2.45, 2.75) is 25.7 Å². The van der Waals surface area contributed by atoms with Gasteiger partial charge in [0, 0.05) is 41.3 Å². The van der Waals surface area contributed by atoms with E-state index in [4.69, 9.17) is 4.74 Å². The molecule has 0 unspecified atom stereocenters. The largest absolute Gasteiger partial charge is 0.383 e. The molecule has 1 saturated carbocycles. The van der Waals surface area contributed by atoms with E-state index in [0.29, 0.717) is 19.7 Å². The Labute approximate surface area is 122 Å². The molecule has 0 aromatic rings. The predicted molar refractivity (Wildman–Crippen MR) is 80.8 cm³/mol. The van der Waals surface area contributed by atoms with Crippen molar-refractivity contribution in [3.8, 4) is 0 Å². The minimum absolute atomic E-state index is 0.217. The molecule has 0 saturated heterocycles. The van der Waals surface area contributed by atoms with E-state index in [1.807, 2.05) is 14.1 Å². The summed E-state index contributed by atoms with van der Waals surface area (Å²) in [6.45, 7) is 1.96. The second-order valence-corrected chi connectivity index (χ2v) is 5.53. The summed E-state index contributed by atoms with van der Waals surface area (Å²) in [5, 5.41) is 6.45. The SMILES string of the molecule is CN=C(NCCOC)NCC1(C(=O)N(C)C)CCCC1. The Bertz CT molecular complexity index is 336. The van der Waals surface area contributed by atoms with Gasteiger partial charge in [-0.3, -0.25) is 9.79 Å². The fourth-order valence-corrected chi connectivity index (χ4v) is 2.74. The highest BCUT2D eigenvalue weighted by atomic mass is 16.5. The van der Waals surface area contributed by atoms with Crippen LogP contribution in [0.2, 0.25) is 0 Å². The number of hydrogen-bond donors (Lipinski definition) is 2. The summed E-state index contributed by atoms with van der Waals surface area (Å²) in [7, 11) is 7.06. The van der Waals surface area contributed by atoms with Gasteiger partial charge in [0.1, 0.15) is 0 Å². The number of ether oxygens (including phenoxy) is 1. The first-order chi connectivity index (χ1) is 9.55. The number of rotatable bonds is 6. The monoisotopic (exact) mass is 284 g/mol. The number of carbonyl (C=O) groups excluding carboxylic acids is 1. The van der Waals surface area contributed by atoms with E-state index in [1.165, 1.54) is 0 Å². The van der Waals surface area contributed by atoms with Gasteiger partial charge in [0.25, 0.3) is 0 Å². The van der Waals surface area contributed by atoms with Crippen LogP contribution in [0.1, 0.15) is 25.7 Å². The van der Waals surface area contributed by atoms with Crippen LogP contribution in [0.5, 0.6) is 0 Å². The van der Waals surface area contributed by atoms with Gasteiger partial charge < -0.3 is 20.3 Å². The quantitative estimate of drug-likeness (QED) is 0.422. The third-order valence-corrected chi connectivity index (χ3v) is 3.84. The second-order valence-electron chi connectivity index (χ2n) is 5.53. The van der Waals surface area contributed by atoms with Gasteiger partial charge in [-0.1, -0.05) is 12.8 Å². The minimum atomic E-state index is -0.275. The Morgan fingerprint density at radius 2 is 1.95 bits per heavy atom. The van der Waals surface area contributed by atoms with Gasteiger partial charge in [0.2, 0.25) is 5.91 Å². The van der Waals surface area contributed by atoms with E-state index in [1.54, 1.807) is 19.1 Å². The number of nitrogens with one attached hydrogen (secondary N) is 2. The zero-order valence-corrected chi connectivity index (χ0v) is 13.2. The number of methoxy groups -OCH3 is 1. The lowest BCUT2D eigenvalue weighted by Gasteiger charge is -2.31. The number of aliphatic imine (C=N–C) groups is 1. The smallest absolute Gasteiger partial charge is 0.230 e. The summed E-state index contributed by atoms with van der Waals surface area (Å²) in [4.78, 5) is 18.3. The van der Waals surface area contributed by atoms with Crippen LogP contribution in [0.4, 0.5) is 0 Å². The highest BCUT2D eigenvalue weighted by Gasteiger charge is 2.42. The van der Waals surface area contributed by atoms with Crippen LogP contribution in [0, 0.1) is 5.41 Å². The Morgan fingerprint density at radius 3 is 2.45 bits per heavy atom. The maximum atomic E-state index is 12.4. The maximum absolute atomic E-state index is 12.4. The van der Waals surface area contributed by atoms with Crippen molar-refractivity contribution >= 4 is 11.9 Å². The normalized spacial score (nSPS) is 17.9. The number of hydrogen-bond acceptors (Lipinski definition) is 3. The summed E-state index contributed by atoms with van der Waals surface area (Å²) in [6.07, 6.45) is 4.14. The molecule has 1 aliphatic carbocycles. The summed E-state index contributed by atoms with van der Waals surface area (Å²) in [5.74, 6) is 0.940. The van der Waals surface area contributed by atoms with E-state index < -0.39 is 0 Å². The molecule has 0 aromatic carbocycles. The molecule has 6 nitrogen and oxygen atoms in total. The minimum Gasteiger partial charge on any atom is -0.383 e. The number of amides is 1. The molecule has 0 aromatic heterocycles. The van der Waals surface area contributed by atoms with E-state index >= 15 is 0 Å². The van der Waals surface area contributed by atoms with Crippen LogP contribution in [0.15, 0.2) is 4.99 Å². The lowest BCUT2D eigenvalue weighted by molar-refractivity contribution is -0.138. The van der Waals surface area contributed by atoms with E-state index in [-0.39, 0.29) is 11.3 Å². The summed E-state index contributed by atoms with van der Waals surface area (Å²) >= 11 is 0. The molecule has 0 heterocycles. The zero-order valence-electron chi connectivity index (χ0n) is 13.2. The lowest BCUT2D eigenvalue weighted by Crippen LogP contribution is -2.49. The van der Waals surface area contributed by atoms with Crippen molar-refractivity contribution in [3.05, 3.63) is 0 Å². The van der Waals surface area contributed by atoms with Crippen molar-refractivity contribution in [1.82, 2.24) is 15.5 Å². The Morgan fingerprint density at radius 1 is 1.30 bits per heavy atom. The highest BCUT2D eigenvalue weighted by molar-refractivity contribution is 5.85. The molecule has 0 spiro atoms. The first-order valence-electron chi connectivity index (χ1n) is 7.21. The van der Waals surface area contributed by atoms with Gasteiger partial charge in [0.15, 0.2) is 5.96 Å². The Balaban J connectivity index is 2.56. The summed E-state index contributed by atoms with van der Waals surface area (Å²) in [6, 6.07) is 0. The standard InChI is InChI=1S/C14H28N4O2/c1-15-13(16-9-10-20-4)17-11-14(7-5-6-8-14)12(19)18(2)3/h5-11H2,1-4H3,(H2,15,16,17). The maximum Gasteiger partial charge on any atom is 0.230 e. The van der Waals surface area contributed by atoms with Crippen molar-refractivity contribution in [1.29, 1.82) is 0 Å². The average Bonchev–Trinajstić information content (AvgIpc) is 2.91. The van der Waals surface area contributed by atoms with Crippen LogP contribution >= 0.6 is 0 Å². The molecule has 2 N–H and O–H groups in total. The molecule has 6 heteroatoms. The van der Waals surface area contributed by atoms with Gasteiger partial charge in [-0.25, -0.2) is 0 Å². The number of guanidine groups is 1. The third kappa shape index (κ3) is 4.37. The molecule has 116 valence electrons. The van der Waals surface area contributed by atoms with E-state index in [0.717, 1.165) is 31.6 Å². The molecule has 0 radical (unpaired) electrons. The van der Waals surface area contributed by atoms with Crippen molar-refractivity contribution < 1.29 is 9.53 Å². The molecule has 1 amide bonds. The summed E-state index contributed by atoms with van der Waals surface area (Å²) < 4.78 is 5.00. The molecule has 1 aliphatic rings. The van der Waals surface area contributed by atoms with Crippen LogP contribution in [0.25, 0.3) is 0 Å². The predicted octanol–water partition coefficient (Wildman–Crippen LogP) is 0.446. The van der Waals surface area contributed by atoms with E-state index in [9.17, 15) is 4.79 Å². The first-order valence-corrected chi connectivity index (χ1v) is 7.21. The molecule has 0 atom stereocenters. The number of carbonyl (C=O) groups is 1. The topological polar surface area (TPSA) is 66.0 Å². The van der Waals surface area contributed by atoms with Crippen molar-refractivity contribution in [3.63, 3.8) is 0 Å². The molecular weight excluding hydrogens is 256 g/mol. The van der Waals surface area contributed by atoms with Gasteiger partial charge in [-0.15, -0.1) is 0 Å². The van der Waals surface area contributed by atoms with Gasteiger partial charge >= 0.3 is 0 Å². The second kappa shape index (κ2) is 8.09. The van der Waals surface area contributed by atoms with Crippen LogP contribution < -0.4 is 10.6 Å². The van der Waals surface area contributed by atoms with Crippen molar-refractivity contribution in [2.24, 2.45) is 10.4 Å². The molecular formula is C14H28N4O2. The fraction of sp³-hybridized carbons (Fsp3) is 0.857. The van der Waals surface area contributed by atoms with Crippen LogP contribution in [-0.4, -0.2) is 64.7 Å². The van der Waals surface area contributed by atoms with Crippen LogP contribution in [-0.2, 0) is 9.53 Å².